The largest absolute Gasteiger partial charge is 0.369 e. The van der Waals surface area contributed by atoms with E-state index in [0.717, 1.165) is 19.4 Å². The van der Waals surface area contributed by atoms with Gasteiger partial charge in [0.15, 0.2) is 0 Å². The van der Waals surface area contributed by atoms with E-state index in [1.807, 2.05) is 0 Å². The average Bonchev–Trinajstić information content (AvgIpc) is 2.54. The van der Waals surface area contributed by atoms with Crippen LogP contribution in [0.3, 0.4) is 0 Å². The zero-order valence-electron chi connectivity index (χ0n) is 12.8. The van der Waals surface area contributed by atoms with Crippen molar-refractivity contribution in [3.8, 4) is 0 Å². The van der Waals surface area contributed by atoms with E-state index in [1.54, 1.807) is 0 Å². The predicted octanol–water partition coefficient (Wildman–Crippen LogP) is 3.87. The number of nitrogens with one attached hydrogen (secondary N) is 1. The molecule has 2 fully saturated rings. The summed E-state index contributed by atoms with van der Waals surface area (Å²) in [5, 5.41) is 3.79. The topological polar surface area (TPSA) is 21.3 Å². The lowest BCUT2D eigenvalue weighted by molar-refractivity contribution is -0.150. The summed E-state index contributed by atoms with van der Waals surface area (Å²) in [6, 6.07) is 11.5. The third-order valence-corrected chi connectivity index (χ3v) is 5.43. The van der Waals surface area contributed by atoms with Crippen LogP contribution in [0.15, 0.2) is 30.3 Å². The molecule has 0 spiro atoms. The summed E-state index contributed by atoms with van der Waals surface area (Å²) in [6.45, 7) is 5.52. The number of rotatable bonds is 3. The Morgan fingerprint density at radius 3 is 2.60 bits per heavy atom. The van der Waals surface area contributed by atoms with E-state index in [0.29, 0.717) is 18.1 Å². The van der Waals surface area contributed by atoms with Crippen LogP contribution in [0.2, 0.25) is 0 Å². The molecule has 3 rings (SSSR count). The lowest BCUT2D eigenvalue weighted by Crippen LogP contribution is -2.60. The number of ether oxygens (including phenoxy) is 1. The first-order chi connectivity index (χ1) is 9.76. The SMILES string of the molecule is CCC1(CC)CNC2CC(c3ccccc3)CCC2O1. The monoisotopic (exact) mass is 273 g/mol. The lowest BCUT2D eigenvalue weighted by Gasteiger charge is -2.48. The first-order valence-corrected chi connectivity index (χ1v) is 8.22. The molecular formula is C18H27NO. The van der Waals surface area contributed by atoms with Crippen molar-refractivity contribution >= 4 is 0 Å². The van der Waals surface area contributed by atoms with E-state index in [4.69, 9.17) is 4.74 Å². The number of hydrogen-bond donors (Lipinski definition) is 1. The van der Waals surface area contributed by atoms with Gasteiger partial charge >= 0.3 is 0 Å². The second kappa shape index (κ2) is 5.87. The minimum Gasteiger partial charge on any atom is -0.369 e. The van der Waals surface area contributed by atoms with Gasteiger partial charge in [0.25, 0.3) is 0 Å². The molecule has 1 heterocycles. The van der Waals surface area contributed by atoms with Gasteiger partial charge in [-0.1, -0.05) is 44.2 Å². The Labute approximate surface area is 122 Å². The minimum absolute atomic E-state index is 0.0841. The molecule has 0 bridgehead atoms. The molecule has 1 saturated heterocycles. The Balaban J connectivity index is 1.67. The van der Waals surface area contributed by atoms with Gasteiger partial charge in [-0.25, -0.2) is 0 Å². The molecule has 0 radical (unpaired) electrons. The van der Waals surface area contributed by atoms with E-state index in [9.17, 15) is 0 Å². The highest BCUT2D eigenvalue weighted by Gasteiger charge is 2.42. The highest BCUT2D eigenvalue weighted by molar-refractivity contribution is 5.21. The van der Waals surface area contributed by atoms with Gasteiger partial charge < -0.3 is 10.1 Å². The molecule has 2 aliphatic rings. The molecule has 1 aromatic carbocycles. The first-order valence-electron chi connectivity index (χ1n) is 8.22. The highest BCUT2D eigenvalue weighted by atomic mass is 16.5. The molecule has 1 N–H and O–H groups in total. The molecule has 3 unspecified atom stereocenters. The van der Waals surface area contributed by atoms with E-state index in [2.05, 4.69) is 49.5 Å². The highest BCUT2D eigenvalue weighted by Crippen LogP contribution is 2.39. The molecule has 0 amide bonds. The number of morpholine rings is 1. The van der Waals surface area contributed by atoms with Gasteiger partial charge in [-0.15, -0.1) is 0 Å². The summed E-state index contributed by atoms with van der Waals surface area (Å²) in [7, 11) is 0. The molecule has 0 aromatic heterocycles. The molecule has 1 aliphatic heterocycles. The molecule has 1 aromatic rings. The second-order valence-corrected chi connectivity index (χ2v) is 6.45. The maximum atomic E-state index is 6.50. The van der Waals surface area contributed by atoms with Crippen LogP contribution in [-0.4, -0.2) is 24.3 Å². The van der Waals surface area contributed by atoms with Crippen LogP contribution in [0, 0.1) is 0 Å². The Morgan fingerprint density at radius 1 is 1.15 bits per heavy atom. The van der Waals surface area contributed by atoms with Crippen molar-refractivity contribution in [2.24, 2.45) is 0 Å². The van der Waals surface area contributed by atoms with E-state index < -0.39 is 0 Å². The average molecular weight is 273 g/mol. The fraction of sp³-hybridized carbons (Fsp3) is 0.667. The summed E-state index contributed by atoms with van der Waals surface area (Å²) in [6.07, 6.45) is 6.32. The molecule has 1 saturated carbocycles. The minimum atomic E-state index is 0.0841. The third kappa shape index (κ3) is 2.64. The van der Waals surface area contributed by atoms with Gasteiger partial charge in [0, 0.05) is 12.6 Å². The van der Waals surface area contributed by atoms with Crippen molar-refractivity contribution in [2.75, 3.05) is 6.54 Å². The molecule has 3 atom stereocenters. The fourth-order valence-corrected chi connectivity index (χ4v) is 3.87. The van der Waals surface area contributed by atoms with Gasteiger partial charge in [0.2, 0.25) is 0 Å². The van der Waals surface area contributed by atoms with Gasteiger partial charge in [0.05, 0.1) is 11.7 Å². The smallest absolute Gasteiger partial charge is 0.0805 e. The molecule has 110 valence electrons. The maximum Gasteiger partial charge on any atom is 0.0805 e. The van der Waals surface area contributed by atoms with Gasteiger partial charge in [-0.3, -0.25) is 0 Å². The Bertz CT molecular complexity index is 426. The van der Waals surface area contributed by atoms with Crippen molar-refractivity contribution in [2.45, 2.75) is 69.6 Å². The molecule has 20 heavy (non-hydrogen) atoms. The van der Waals surface area contributed by atoms with Gasteiger partial charge in [0.1, 0.15) is 0 Å². The summed E-state index contributed by atoms with van der Waals surface area (Å²) in [5.41, 5.74) is 1.58. The quantitative estimate of drug-likeness (QED) is 0.902. The van der Waals surface area contributed by atoms with Crippen LogP contribution < -0.4 is 5.32 Å². The van der Waals surface area contributed by atoms with E-state index in [1.165, 1.54) is 24.8 Å². The van der Waals surface area contributed by atoms with Crippen LogP contribution in [0.4, 0.5) is 0 Å². The Morgan fingerprint density at radius 2 is 1.90 bits per heavy atom. The van der Waals surface area contributed by atoms with Crippen molar-refractivity contribution in [3.63, 3.8) is 0 Å². The third-order valence-electron chi connectivity index (χ3n) is 5.43. The normalized spacial score (nSPS) is 32.6. The standard InChI is InChI=1S/C18H27NO/c1-3-18(4-2)13-19-16-12-15(10-11-17(16)20-18)14-8-6-5-7-9-14/h5-9,15-17,19H,3-4,10-13H2,1-2H3. The Hall–Kier alpha value is -0.860. The fourth-order valence-electron chi connectivity index (χ4n) is 3.87. The first kappa shape index (κ1) is 14.1. The number of benzene rings is 1. The summed E-state index contributed by atoms with van der Waals surface area (Å²) >= 11 is 0. The number of hydrogen-bond acceptors (Lipinski definition) is 2. The number of fused-ring (bicyclic) bond motifs is 1. The Kier molecular flexibility index (Phi) is 4.13. The van der Waals surface area contributed by atoms with Crippen LogP contribution in [0.1, 0.15) is 57.4 Å². The van der Waals surface area contributed by atoms with Gasteiger partial charge in [-0.2, -0.15) is 0 Å². The lowest BCUT2D eigenvalue weighted by atomic mass is 9.78. The zero-order valence-corrected chi connectivity index (χ0v) is 12.8. The summed E-state index contributed by atoms with van der Waals surface area (Å²) in [5.74, 6) is 0.698. The summed E-state index contributed by atoms with van der Waals surface area (Å²) in [4.78, 5) is 0. The predicted molar refractivity (Wildman–Crippen MR) is 83.0 cm³/mol. The second-order valence-electron chi connectivity index (χ2n) is 6.45. The maximum absolute atomic E-state index is 6.50. The van der Waals surface area contributed by atoms with Crippen LogP contribution in [-0.2, 0) is 4.74 Å². The van der Waals surface area contributed by atoms with Crippen molar-refractivity contribution in [3.05, 3.63) is 35.9 Å². The molecular weight excluding hydrogens is 246 g/mol. The van der Waals surface area contributed by atoms with Gasteiger partial charge in [-0.05, 0) is 43.6 Å². The van der Waals surface area contributed by atoms with E-state index >= 15 is 0 Å². The van der Waals surface area contributed by atoms with E-state index in [-0.39, 0.29) is 5.60 Å². The zero-order chi connectivity index (χ0) is 14.0. The van der Waals surface area contributed by atoms with Crippen molar-refractivity contribution < 1.29 is 4.74 Å². The molecule has 1 aliphatic carbocycles. The summed E-state index contributed by atoms with van der Waals surface area (Å²) < 4.78 is 6.50. The van der Waals surface area contributed by atoms with Crippen LogP contribution >= 0.6 is 0 Å². The van der Waals surface area contributed by atoms with Crippen LogP contribution in [0.5, 0.6) is 0 Å². The van der Waals surface area contributed by atoms with Crippen molar-refractivity contribution in [1.29, 1.82) is 0 Å². The molecule has 2 heteroatoms. The molecule has 2 nitrogen and oxygen atoms in total. The van der Waals surface area contributed by atoms with Crippen molar-refractivity contribution in [1.82, 2.24) is 5.32 Å². The van der Waals surface area contributed by atoms with Crippen LogP contribution in [0.25, 0.3) is 0 Å².